The van der Waals surface area contributed by atoms with E-state index < -0.39 is 5.97 Å². The number of aromatic nitrogens is 1. The van der Waals surface area contributed by atoms with Gasteiger partial charge in [0, 0.05) is 25.3 Å². The maximum Gasteiger partial charge on any atom is 0.305 e. The average Bonchev–Trinajstić information content (AvgIpc) is 3.19. The van der Waals surface area contributed by atoms with E-state index in [1.54, 1.807) is 18.9 Å². The molecule has 1 amide bonds. The van der Waals surface area contributed by atoms with Crippen LogP contribution in [-0.2, 0) is 20.7 Å². The number of aliphatic carboxylic acids is 1. The standard InChI is InChI=1S/C19H22N2O5/c1-12-16(20-19(26-12)13-6-4-3-5-7-13)10-17(22)21-11-15(25-2)8-14(21)9-18(23)24/h3-7,14-15H,8-11H2,1-2H3,(H,23,24). The number of carbonyl (C=O) groups excluding carboxylic acids is 1. The van der Waals surface area contributed by atoms with Crippen LogP contribution in [0.2, 0.25) is 0 Å². The third-order valence-electron chi connectivity index (χ3n) is 4.67. The van der Waals surface area contributed by atoms with Crippen molar-refractivity contribution in [2.75, 3.05) is 13.7 Å². The fraction of sp³-hybridized carbons (Fsp3) is 0.421. The molecule has 7 heteroatoms. The fourth-order valence-corrected chi connectivity index (χ4v) is 3.29. The maximum absolute atomic E-state index is 12.8. The number of ether oxygens (including phenoxy) is 1. The summed E-state index contributed by atoms with van der Waals surface area (Å²) in [4.78, 5) is 29.9. The van der Waals surface area contributed by atoms with Crippen LogP contribution in [0.15, 0.2) is 34.7 Å². The summed E-state index contributed by atoms with van der Waals surface area (Å²) in [5, 5.41) is 9.09. The summed E-state index contributed by atoms with van der Waals surface area (Å²) >= 11 is 0. The summed E-state index contributed by atoms with van der Waals surface area (Å²) < 4.78 is 11.0. The van der Waals surface area contributed by atoms with Crippen LogP contribution in [0.3, 0.4) is 0 Å². The molecule has 3 rings (SSSR count). The first kappa shape index (κ1) is 18.1. The summed E-state index contributed by atoms with van der Waals surface area (Å²) in [5.74, 6) is -0.0148. The summed E-state index contributed by atoms with van der Waals surface area (Å²) in [6, 6.07) is 9.13. The first-order valence-corrected chi connectivity index (χ1v) is 8.53. The maximum atomic E-state index is 12.8. The van der Waals surface area contributed by atoms with Gasteiger partial charge < -0.3 is 19.2 Å². The number of aryl methyl sites for hydroxylation is 1. The molecule has 1 saturated heterocycles. The van der Waals surface area contributed by atoms with Gasteiger partial charge in [-0.05, 0) is 25.5 Å². The average molecular weight is 358 g/mol. The Morgan fingerprint density at radius 3 is 2.73 bits per heavy atom. The van der Waals surface area contributed by atoms with Crippen molar-refractivity contribution >= 4 is 11.9 Å². The highest BCUT2D eigenvalue weighted by Gasteiger charge is 2.36. The lowest BCUT2D eigenvalue weighted by Gasteiger charge is -2.22. The van der Waals surface area contributed by atoms with Crippen LogP contribution in [-0.4, -0.2) is 52.7 Å². The molecular weight excluding hydrogens is 336 g/mol. The Bertz CT molecular complexity index is 786. The number of methoxy groups -OCH3 is 1. The van der Waals surface area contributed by atoms with Gasteiger partial charge in [0.05, 0.1) is 24.6 Å². The third kappa shape index (κ3) is 3.94. The van der Waals surface area contributed by atoms with Crippen molar-refractivity contribution in [3.05, 3.63) is 41.8 Å². The number of carbonyl (C=O) groups is 2. The molecule has 7 nitrogen and oxygen atoms in total. The van der Waals surface area contributed by atoms with Gasteiger partial charge in [0.25, 0.3) is 0 Å². The van der Waals surface area contributed by atoms with Crippen molar-refractivity contribution in [3.8, 4) is 11.5 Å². The molecule has 2 heterocycles. The Labute approximate surface area is 151 Å². The zero-order valence-electron chi connectivity index (χ0n) is 14.8. The summed E-state index contributed by atoms with van der Waals surface area (Å²) in [5.41, 5.74) is 1.42. The van der Waals surface area contributed by atoms with Gasteiger partial charge in [0.15, 0.2) is 0 Å². The van der Waals surface area contributed by atoms with E-state index in [1.165, 1.54) is 0 Å². The predicted octanol–water partition coefficient (Wildman–Crippen LogP) is 2.28. The number of hydrogen-bond acceptors (Lipinski definition) is 5. The van der Waals surface area contributed by atoms with Crippen molar-refractivity contribution in [2.45, 2.75) is 38.3 Å². The minimum absolute atomic E-state index is 0.0781. The van der Waals surface area contributed by atoms with Crippen LogP contribution < -0.4 is 0 Å². The van der Waals surface area contributed by atoms with E-state index in [2.05, 4.69) is 4.98 Å². The topological polar surface area (TPSA) is 92.9 Å². The van der Waals surface area contributed by atoms with Gasteiger partial charge in [0.2, 0.25) is 11.8 Å². The summed E-state index contributed by atoms with van der Waals surface area (Å²) in [6.45, 7) is 2.18. The number of carboxylic acid groups (broad SMARTS) is 1. The number of carboxylic acids is 1. The van der Waals surface area contributed by atoms with Crippen molar-refractivity contribution < 1.29 is 23.8 Å². The number of hydrogen-bond donors (Lipinski definition) is 1. The number of rotatable bonds is 6. The number of oxazole rings is 1. The Kier molecular flexibility index (Phi) is 5.37. The zero-order chi connectivity index (χ0) is 18.7. The third-order valence-corrected chi connectivity index (χ3v) is 4.67. The van der Waals surface area contributed by atoms with E-state index in [0.29, 0.717) is 30.3 Å². The predicted molar refractivity (Wildman–Crippen MR) is 93.5 cm³/mol. The second-order valence-corrected chi connectivity index (χ2v) is 6.46. The molecular formula is C19H22N2O5. The Morgan fingerprint density at radius 2 is 2.08 bits per heavy atom. The second kappa shape index (κ2) is 7.70. The van der Waals surface area contributed by atoms with Gasteiger partial charge in [-0.1, -0.05) is 18.2 Å². The molecule has 1 aromatic carbocycles. The van der Waals surface area contributed by atoms with Crippen LogP contribution in [0.5, 0.6) is 0 Å². The van der Waals surface area contributed by atoms with Gasteiger partial charge in [-0.15, -0.1) is 0 Å². The Morgan fingerprint density at radius 1 is 1.35 bits per heavy atom. The van der Waals surface area contributed by atoms with E-state index in [-0.39, 0.29) is 30.9 Å². The Balaban J connectivity index is 1.75. The summed E-state index contributed by atoms with van der Waals surface area (Å²) in [7, 11) is 1.57. The molecule has 2 unspecified atom stereocenters. The molecule has 2 aromatic rings. The van der Waals surface area contributed by atoms with Crippen molar-refractivity contribution in [1.29, 1.82) is 0 Å². The van der Waals surface area contributed by atoms with Crippen LogP contribution >= 0.6 is 0 Å². The molecule has 0 radical (unpaired) electrons. The minimum Gasteiger partial charge on any atom is -0.481 e. The number of benzene rings is 1. The summed E-state index contributed by atoms with van der Waals surface area (Å²) in [6.07, 6.45) is 0.385. The minimum atomic E-state index is -0.923. The fourth-order valence-electron chi connectivity index (χ4n) is 3.29. The molecule has 138 valence electrons. The SMILES string of the molecule is COC1CC(CC(=O)O)N(C(=O)Cc2nc(-c3ccccc3)oc2C)C1. The number of nitrogens with zero attached hydrogens (tertiary/aromatic N) is 2. The smallest absolute Gasteiger partial charge is 0.305 e. The van der Waals surface area contributed by atoms with E-state index in [0.717, 1.165) is 5.56 Å². The van der Waals surface area contributed by atoms with Crippen LogP contribution in [0.4, 0.5) is 0 Å². The lowest BCUT2D eigenvalue weighted by atomic mass is 10.1. The second-order valence-electron chi connectivity index (χ2n) is 6.46. The Hall–Kier alpha value is -2.67. The van der Waals surface area contributed by atoms with Gasteiger partial charge in [-0.2, -0.15) is 0 Å². The van der Waals surface area contributed by atoms with Crippen LogP contribution in [0.1, 0.15) is 24.3 Å². The molecule has 1 fully saturated rings. The lowest BCUT2D eigenvalue weighted by Crippen LogP contribution is -2.38. The highest BCUT2D eigenvalue weighted by Crippen LogP contribution is 2.26. The number of likely N-dealkylation sites (tertiary alicyclic amines) is 1. The first-order chi connectivity index (χ1) is 12.5. The molecule has 1 aliphatic heterocycles. The quantitative estimate of drug-likeness (QED) is 0.852. The van der Waals surface area contributed by atoms with Gasteiger partial charge in [0.1, 0.15) is 5.76 Å². The zero-order valence-corrected chi connectivity index (χ0v) is 14.8. The molecule has 1 aromatic heterocycles. The van der Waals surface area contributed by atoms with E-state index >= 15 is 0 Å². The monoisotopic (exact) mass is 358 g/mol. The molecule has 0 spiro atoms. The van der Waals surface area contributed by atoms with Crippen LogP contribution in [0, 0.1) is 6.92 Å². The van der Waals surface area contributed by atoms with E-state index in [4.69, 9.17) is 14.3 Å². The van der Waals surface area contributed by atoms with E-state index in [9.17, 15) is 9.59 Å². The molecule has 0 saturated carbocycles. The highest BCUT2D eigenvalue weighted by atomic mass is 16.5. The lowest BCUT2D eigenvalue weighted by molar-refractivity contribution is -0.139. The van der Waals surface area contributed by atoms with Gasteiger partial charge in [-0.3, -0.25) is 9.59 Å². The van der Waals surface area contributed by atoms with E-state index in [1.807, 2.05) is 30.3 Å². The molecule has 1 aliphatic rings. The molecule has 1 N–H and O–H groups in total. The van der Waals surface area contributed by atoms with Crippen molar-refractivity contribution in [2.24, 2.45) is 0 Å². The highest BCUT2D eigenvalue weighted by molar-refractivity contribution is 5.80. The van der Waals surface area contributed by atoms with Crippen molar-refractivity contribution in [3.63, 3.8) is 0 Å². The largest absolute Gasteiger partial charge is 0.481 e. The van der Waals surface area contributed by atoms with Crippen molar-refractivity contribution in [1.82, 2.24) is 9.88 Å². The van der Waals surface area contributed by atoms with Crippen LogP contribution in [0.25, 0.3) is 11.5 Å². The number of amides is 1. The molecule has 2 atom stereocenters. The molecule has 0 aliphatic carbocycles. The normalized spacial score (nSPS) is 19.7. The van der Waals surface area contributed by atoms with Gasteiger partial charge >= 0.3 is 5.97 Å². The molecule has 0 bridgehead atoms. The first-order valence-electron chi connectivity index (χ1n) is 8.53. The molecule has 26 heavy (non-hydrogen) atoms. The van der Waals surface area contributed by atoms with Gasteiger partial charge in [-0.25, -0.2) is 4.98 Å².